The van der Waals surface area contributed by atoms with Crippen molar-refractivity contribution in [2.75, 3.05) is 23.8 Å². The Labute approximate surface area is 204 Å². The van der Waals surface area contributed by atoms with Crippen LogP contribution in [0.2, 0.25) is 0 Å². The van der Waals surface area contributed by atoms with Gasteiger partial charge in [0.2, 0.25) is 0 Å². The average Bonchev–Trinajstić information content (AvgIpc) is 3.38. The molecule has 0 spiro atoms. The third-order valence-corrected chi connectivity index (χ3v) is 8.36. The van der Waals surface area contributed by atoms with E-state index in [9.17, 15) is 4.39 Å². The number of nitrogens with two attached hydrogens (primary N) is 1. The van der Waals surface area contributed by atoms with E-state index < -0.39 is 0 Å². The molecule has 174 valence electrons. The maximum Gasteiger partial charge on any atom is 0.198 e. The lowest BCUT2D eigenvalue weighted by Crippen LogP contribution is -2.46. The Hall–Kier alpha value is -2.95. The third kappa shape index (κ3) is 3.66. The van der Waals surface area contributed by atoms with Crippen LogP contribution < -0.4 is 16.0 Å². The number of nitrogens with zero attached hydrogens (tertiary/aromatic N) is 4. The number of piperidine rings is 1. The molecule has 6 rings (SSSR count). The molecule has 4 N–H and O–H groups in total. The number of anilines is 2. The highest BCUT2D eigenvalue weighted by Crippen LogP contribution is 2.40. The zero-order chi connectivity index (χ0) is 23.4. The number of para-hydroxylation sites is 1. The monoisotopic (exact) mass is 493 g/mol. The molecule has 1 fully saturated rings. The molecule has 4 heterocycles. The summed E-state index contributed by atoms with van der Waals surface area (Å²) in [5.74, 6) is 0.511. The molecule has 10 heteroatoms. The molecule has 0 bridgehead atoms. The minimum atomic E-state index is -0.301. The van der Waals surface area contributed by atoms with E-state index in [2.05, 4.69) is 28.2 Å². The van der Waals surface area contributed by atoms with Gasteiger partial charge in [0.05, 0.1) is 26.8 Å². The van der Waals surface area contributed by atoms with Crippen LogP contribution in [-0.4, -0.2) is 45.6 Å². The van der Waals surface area contributed by atoms with Crippen molar-refractivity contribution in [2.24, 2.45) is 5.73 Å². The van der Waals surface area contributed by atoms with Crippen molar-refractivity contribution in [3.8, 4) is 0 Å². The molecular formula is C24H24FN7S2. The maximum absolute atomic E-state index is 14.5. The number of nitrogens with one attached hydrogen (secondary N) is 2. The normalized spacial score (nSPS) is 18.9. The first kappa shape index (κ1) is 21.6. The van der Waals surface area contributed by atoms with E-state index in [1.165, 1.54) is 17.8 Å². The van der Waals surface area contributed by atoms with Gasteiger partial charge in [-0.05, 0) is 55.8 Å². The quantitative estimate of drug-likeness (QED) is 0.290. The second-order valence-electron chi connectivity index (χ2n) is 8.68. The summed E-state index contributed by atoms with van der Waals surface area (Å²) in [6.07, 6.45) is 1.76. The second-order valence-corrected chi connectivity index (χ2v) is 10.9. The molecule has 1 saturated heterocycles. The zero-order valence-electron chi connectivity index (χ0n) is 18.8. The first-order chi connectivity index (χ1) is 16.5. The lowest BCUT2D eigenvalue weighted by atomic mass is 9.98. The number of benzene rings is 2. The van der Waals surface area contributed by atoms with Gasteiger partial charge in [0.15, 0.2) is 9.50 Å². The molecule has 34 heavy (non-hydrogen) atoms. The molecule has 1 aliphatic heterocycles. The highest BCUT2D eigenvalue weighted by Gasteiger charge is 2.28. The van der Waals surface area contributed by atoms with Crippen molar-refractivity contribution < 1.29 is 4.39 Å². The lowest BCUT2D eigenvalue weighted by molar-refractivity contribution is 0.427. The highest BCUT2D eigenvalue weighted by atomic mass is 32.2. The topological polar surface area (TPSA) is 95.8 Å². The Morgan fingerprint density at radius 3 is 2.88 bits per heavy atom. The standard InChI is InChI=1S/C24H24FN7S2/c1-12-9-14(26)7-8-32(12)22-19-15-10-13(25)11-17(27-2)20(15)29-21(19)30-23(31-22)34-24-28-16-5-3-4-6-18(16)33-24/h3-6,10-12,14,27H,7-9,26H2,1-2H3,(H,29,30,31)/t12-,14?/m1/s1. The summed E-state index contributed by atoms with van der Waals surface area (Å²) in [4.78, 5) is 20.3. The molecule has 3 aromatic heterocycles. The number of rotatable bonds is 4. The van der Waals surface area contributed by atoms with Gasteiger partial charge >= 0.3 is 0 Å². The molecular weight excluding hydrogens is 469 g/mol. The van der Waals surface area contributed by atoms with Gasteiger partial charge in [-0.1, -0.05) is 12.1 Å². The number of aromatic amines is 1. The molecule has 5 aromatic rings. The summed E-state index contributed by atoms with van der Waals surface area (Å²) in [6, 6.07) is 11.5. The van der Waals surface area contributed by atoms with E-state index in [4.69, 9.17) is 20.7 Å². The van der Waals surface area contributed by atoms with Gasteiger partial charge in [-0.3, -0.25) is 0 Å². The fourth-order valence-corrected chi connectivity index (χ4v) is 6.70. The summed E-state index contributed by atoms with van der Waals surface area (Å²) in [5, 5.41) is 5.31. The van der Waals surface area contributed by atoms with E-state index in [-0.39, 0.29) is 17.9 Å². The van der Waals surface area contributed by atoms with E-state index >= 15 is 0 Å². The van der Waals surface area contributed by atoms with E-state index in [0.717, 1.165) is 56.0 Å². The summed E-state index contributed by atoms with van der Waals surface area (Å²) < 4.78 is 16.5. The first-order valence-corrected chi connectivity index (χ1v) is 12.9. The van der Waals surface area contributed by atoms with Gasteiger partial charge in [0.25, 0.3) is 0 Å². The number of aromatic nitrogens is 4. The number of halogens is 1. The van der Waals surface area contributed by atoms with Gasteiger partial charge in [0, 0.05) is 31.1 Å². The van der Waals surface area contributed by atoms with E-state index in [1.807, 2.05) is 18.2 Å². The molecule has 1 aliphatic rings. The van der Waals surface area contributed by atoms with Gasteiger partial charge in [-0.25, -0.2) is 19.3 Å². The molecule has 2 atom stereocenters. The van der Waals surface area contributed by atoms with Crippen molar-refractivity contribution in [3.63, 3.8) is 0 Å². The van der Waals surface area contributed by atoms with Crippen LogP contribution in [0.4, 0.5) is 15.9 Å². The Kier molecular flexibility index (Phi) is 5.31. The largest absolute Gasteiger partial charge is 0.386 e. The summed E-state index contributed by atoms with van der Waals surface area (Å²) >= 11 is 3.08. The Morgan fingerprint density at radius 2 is 2.09 bits per heavy atom. The summed E-state index contributed by atoms with van der Waals surface area (Å²) in [5.41, 5.74) is 9.40. The van der Waals surface area contributed by atoms with Crippen LogP contribution in [0.15, 0.2) is 45.9 Å². The van der Waals surface area contributed by atoms with Gasteiger partial charge < -0.3 is 20.9 Å². The van der Waals surface area contributed by atoms with Crippen LogP contribution in [0.3, 0.4) is 0 Å². The molecule has 2 aromatic carbocycles. The van der Waals surface area contributed by atoms with Gasteiger partial charge in [0.1, 0.15) is 17.3 Å². The molecule has 0 radical (unpaired) electrons. The summed E-state index contributed by atoms with van der Waals surface area (Å²) in [7, 11) is 1.79. The van der Waals surface area contributed by atoms with Crippen molar-refractivity contribution in [1.82, 2.24) is 19.9 Å². The van der Waals surface area contributed by atoms with E-state index in [1.54, 1.807) is 24.5 Å². The number of fused-ring (bicyclic) bond motifs is 4. The maximum atomic E-state index is 14.5. The highest BCUT2D eigenvalue weighted by molar-refractivity contribution is 8.01. The van der Waals surface area contributed by atoms with Gasteiger partial charge in [-0.15, -0.1) is 11.3 Å². The summed E-state index contributed by atoms with van der Waals surface area (Å²) in [6.45, 7) is 2.96. The van der Waals surface area contributed by atoms with Crippen LogP contribution in [0.25, 0.3) is 32.2 Å². The number of H-pyrrole nitrogens is 1. The van der Waals surface area contributed by atoms with Crippen molar-refractivity contribution in [3.05, 3.63) is 42.2 Å². The second kappa shape index (κ2) is 8.37. The predicted molar refractivity (Wildman–Crippen MR) is 139 cm³/mol. The number of hydrogen-bond acceptors (Lipinski definition) is 8. The van der Waals surface area contributed by atoms with Crippen LogP contribution >= 0.6 is 23.1 Å². The van der Waals surface area contributed by atoms with Crippen molar-refractivity contribution in [1.29, 1.82) is 0 Å². The first-order valence-electron chi connectivity index (χ1n) is 11.3. The van der Waals surface area contributed by atoms with Crippen LogP contribution in [-0.2, 0) is 0 Å². The average molecular weight is 494 g/mol. The lowest BCUT2D eigenvalue weighted by Gasteiger charge is -2.37. The van der Waals surface area contributed by atoms with Crippen molar-refractivity contribution >= 4 is 66.8 Å². The molecule has 1 unspecified atom stereocenters. The fourth-order valence-electron chi connectivity index (χ4n) is 4.77. The minimum Gasteiger partial charge on any atom is -0.386 e. The SMILES string of the molecule is CNc1cc(F)cc2c1[nH]c1nc(Sc3nc4ccccc4s3)nc(N3CCC(N)C[C@H]3C)c12. The zero-order valence-corrected chi connectivity index (χ0v) is 20.4. The van der Waals surface area contributed by atoms with Crippen LogP contribution in [0.1, 0.15) is 19.8 Å². The van der Waals surface area contributed by atoms with Crippen molar-refractivity contribution in [2.45, 2.75) is 41.3 Å². The number of thiazole rings is 1. The van der Waals surface area contributed by atoms with E-state index in [0.29, 0.717) is 16.5 Å². The molecule has 0 amide bonds. The van der Waals surface area contributed by atoms with Gasteiger partial charge in [-0.2, -0.15) is 0 Å². The molecule has 0 saturated carbocycles. The fraction of sp³-hybridized carbons (Fsp3) is 0.292. The smallest absolute Gasteiger partial charge is 0.198 e. The Morgan fingerprint density at radius 1 is 1.24 bits per heavy atom. The predicted octanol–water partition coefficient (Wildman–Crippen LogP) is 5.37. The van der Waals surface area contributed by atoms with Crippen LogP contribution in [0.5, 0.6) is 0 Å². The van der Waals surface area contributed by atoms with Crippen LogP contribution in [0, 0.1) is 5.82 Å². The molecule has 0 aliphatic carbocycles. The minimum absolute atomic E-state index is 0.177. The Bertz CT molecular complexity index is 1500. The third-order valence-electron chi connectivity index (χ3n) is 6.40. The number of hydrogen-bond donors (Lipinski definition) is 3. The Balaban J connectivity index is 1.54. The molecule has 7 nitrogen and oxygen atoms in total.